The summed E-state index contributed by atoms with van der Waals surface area (Å²) in [5, 5.41) is 4.02. The van der Waals surface area contributed by atoms with E-state index in [0.29, 0.717) is 51.1 Å². The number of hydrogen-bond donors (Lipinski definition) is 3. The summed E-state index contributed by atoms with van der Waals surface area (Å²) >= 11 is 6.33. The molecule has 14 heteroatoms. The van der Waals surface area contributed by atoms with Gasteiger partial charge >= 0.3 is 12.0 Å². The Kier molecular flexibility index (Phi) is 12.9. The van der Waals surface area contributed by atoms with Crippen LogP contribution in [-0.4, -0.2) is 62.9 Å². The van der Waals surface area contributed by atoms with Gasteiger partial charge in [0.05, 0.1) is 40.0 Å². The summed E-state index contributed by atoms with van der Waals surface area (Å²) in [6, 6.07) is 11.7. The van der Waals surface area contributed by atoms with E-state index in [4.69, 9.17) is 41.0 Å². The molecule has 1 saturated heterocycles. The Morgan fingerprint density at radius 2 is 1.58 bits per heavy atom. The number of esters is 1. The Bertz CT molecular complexity index is 1780. The lowest BCUT2D eigenvalue weighted by Crippen LogP contribution is -2.55. The van der Waals surface area contributed by atoms with Crippen LogP contribution in [-0.2, 0) is 27.2 Å². The van der Waals surface area contributed by atoms with Gasteiger partial charge in [0.2, 0.25) is 5.91 Å². The summed E-state index contributed by atoms with van der Waals surface area (Å²) in [6.45, 7) is 7.11. The van der Waals surface area contributed by atoms with Gasteiger partial charge in [0, 0.05) is 40.2 Å². The van der Waals surface area contributed by atoms with Crippen LogP contribution < -0.4 is 35.4 Å². The van der Waals surface area contributed by atoms with Crippen LogP contribution in [0.25, 0.3) is 0 Å². The Morgan fingerprint density at radius 1 is 0.923 bits per heavy atom. The molecular formula is C38H47ClN4O9. The maximum atomic E-state index is 14.3. The fourth-order valence-corrected chi connectivity index (χ4v) is 6.33. The van der Waals surface area contributed by atoms with Gasteiger partial charge < -0.3 is 34.7 Å². The molecule has 0 radical (unpaired) electrons. The summed E-state index contributed by atoms with van der Waals surface area (Å²) in [5.74, 6) is -1.54. The fraction of sp³-hybridized carbons (Fsp3) is 0.421. The number of hydrazine groups is 1. The molecule has 0 bridgehead atoms. The summed E-state index contributed by atoms with van der Waals surface area (Å²) < 4.78 is 27.7. The topological polar surface area (TPSA) is 168 Å². The number of rotatable bonds is 12. The Hall–Kier alpha value is -5.17. The van der Waals surface area contributed by atoms with Crippen molar-refractivity contribution in [2.24, 2.45) is 11.8 Å². The van der Waals surface area contributed by atoms with Crippen LogP contribution in [0.4, 0.5) is 10.5 Å². The normalized spacial score (nSPS) is 16.7. The molecule has 1 aliphatic rings. The van der Waals surface area contributed by atoms with Crippen molar-refractivity contribution in [3.63, 3.8) is 0 Å². The van der Waals surface area contributed by atoms with Gasteiger partial charge in [0.25, 0.3) is 5.91 Å². The minimum Gasteiger partial charge on any atom is -0.496 e. The van der Waals surface area contributed by atoms with Gasteiger partial charge in [-0.1, -0.05) is 24.6 Å². The molecule has 3 atom stereocenters. The van der Waals surface area contributed by atoms with Crippen LogP contribution in [0.3, 0.4) is 0 Å². The number of amides is 4. The molecule has 1 unspecified atom stereocenters. The average molecular weight is 739 g/mol. The lowest BCUT2D eigenvalue weighted by atomic mass is 9.85. The quantitative estimate of drug-likeness (QED) is 0.147. The van der Waals surface area contributed by atoms with Crippen LogP contribution in [0.1, 0.15) is 73.6 Å². The van der Waals surface area contributed by atoms with Crippen LogP contribution in [0.5, 0.6) is 23.0 Å². The van der Waals surface area contributed by atoms with Crippen molar-refractivity contribution in [1.82, 2.24) is 15.8 Å². The predicted molar refractivity (Wildman–Crippen MR) is 196 cm³/mol. The van der Waals surface area contributed by atoms with Crippen LogP contribution in [0.2, 0.25) is 5.02 Å². The number of nitrogens with one attached hydrogen (secondary N) is 2. The third-order valence-electron chi connectivity index (χ3n) is 8.71. The van der Waals surface area contributed by atoms with Gasteiger partial charge in [-0.05, 0) is 87.9 Å². The highest BCUT2D eigenvalue weighted by Crippen LogP contribution is 2.38. The van der Waals surface area contributed by atoms with E-state index >= 15 is 0 Å². The second-order valence-corrected chi connectivity index (χ2v) is 13.8. The van der Waals surface area contributed by atoms with Crippen molar-refractivity contribution in [2.75, 3.05) is 34.2 Å². The molecule has 1 fully saturated rings. The van der Waals surface area contributed by atoms with E-state index in [2.05, 4.69) is 10.7 Å². The summed E-state index contributed by atoms with van der Waals surface area (Å²) in [6.07, 6.45) is 0.710. The highest BCUT2D eigenvalue weighted by atomic mass is 35.5. The summed E-state index contributed by atoms with van der Waals surface area (Å²) in [4.78, 5) is 54.9. The van der Waals surface area contributed by atoms with E-state index in [1.165, 1.54) is 34.5 Å². The number of carbonyl (C=O) groups is 4. The monoisotopic (exact) mass is 738 g/mol. The lowest BCUT2D eigenvalue weighted by molar-refractivity contribution is -0.138. The number of halogens is 1. The van der Waals surface area contributed by atoms with E-state index in [1.54, 1.807) is 63.2 Å². The molecule has 52 heavy (non-hydrogen) atoms. The molecule has 0 saturated carbocycles. The molecular weight excluding hydrogens is 692 g/mol. The largest absolute Gasteiger partial charge is 0.496 e. The van der Waals surface area contributed by atoms with E-state index in [1.807, 2.05) is 6.92 Å². The third-order valence-corrected chi connectivity index (χ3v) is 8.95. The zero-order valence-electron chi connectivity index (χ0n) is 30.8. The number of anilines is 1. The smallest absolute Gasteiger partial charge is 0.343 e. The summed E-state index contributed by atoms with van der Waals surface area (Å²) in [7, 11) is 6.02. The van der Waals surface area contributed by atoms with Crippen molar-refractivity contribution in [1.29, 1.82) is 0 Å². The lowest BCUT2D eigenvalue weighted by Gasteiger charge is -2.26. The predicted octanol–water partition coefficient (Wildman–Crippen LogP) is 6.05. The van der Waals surface area contributed by atoms with Crippen molar-refractivity contribution >= 4 is 41.1 Å². The first-order valence-corrected chi connectivity index (χ1v) is 17.2. The van der Waals surface area contributed by atoms with Gasteiger partial charge in [-0.3, -0.25) is 15.0 Å². The molecule has 0 aromatic heterocycles. The number of benzene rings is 3. The van der Waals surface area contributed by atoms with Gasteiger partial charge in [-0.2, -0.15) is 5.01 Å². The SMILES string of the molecule is CC[C@@H](NC(=O)N1NC(=O)C(Cc2c(OC)cc(OC)cc2OC)C[C@@H](Cc2cc(Cl)ccc2OC)C1=O)c1ccc(C(=O)OC(C)(C)C)c(N)c1. The molecule has 0 spiro atoms. The molecule has 4 rings (SSSR count). The molecule has 280 valence electrons. The third kappa shape index (κ3) is 9.38. The summed E-state index contributed by atoms with van der Waals surface area (Å²) in [5.41, 5.74) is 10.3. The highest BCUT2D eigenvalue weighted by molar-refractivity contribution is 6.30. The molecule has 4 amide bonds. The van der Waals surface area contributed by atoms with Gasteiger partial charge in [-0.25, -0.2) is 9.59 Å². The van der Waals surface area contributed by atoms with Crippen molar-refractivity contribution < 1.29 is 42.9 Å². The number of imide groups is 1. The average Bonchev–Trinajstić information content (AvgIpc) is 3.21. The molecule has 13 nitrogen and oxygen atoms in total. The highest BCUT2D eigenvalue weighted by Gasteiger charge is 2.40. The van der Waals surface area contributed by atoms with Crippen molar-refractivity contribution in [3.05, 3.63) is 75.8 Å². The first-order valence-electron chi connectivity index (χ1n) is 16.8. The number of methoxy groups -OCH3 is 4. The first-order chi connectivity index (χ1) is 24.6. The Morgan fingerprint density at radius 3 is 2.13 bits per heavy atom. The zero-order chi connectivity index (χ0) is 38.3. The number of ether oxygens (including phenoxy) is 5. The first kappa shape index (κ1) is 39.6. The van der Waals surface area contributed by atoms with Crippen LogP contribution in [0.15, 0.2) is 48.5 Å². The Balaban J connectivity index is 1.68. The van der Waals surface area contributed by atoms with Crippen LogP contribution >= 0.6 is 11.6 Å². The van der Waals surface area contributed by atoms with Crippen molar-refractivity contribution in [3.8, 4) is 23.0 Å². The number of nitrogens with two attached hydrogens (primary N) is 1. The fourth-order valence-electron chi connectivity index (χ4n) is 6.14. The van der Waals surface area contributed by atoms with E-state index < -0.39 is 47.3 Å². The number of hydrogen-bond acceptors (Lipinski definition) is 10. The van der Waals surface area contributed by atoms with Gasteiger partial charge in [-0.15, -0.1) is 0 Å². The maximum Gasteiger partial charge on any atom is 0.343 e. The van der Waals surface area contributed by atoms with Gasteiger partial charge in [0.1, 0.15) is 28.6 Å². The maximum absolute atomic E-state index is 14.3. The molecule has 1 aliphatic heterocycles. The number of nitrogens with zero attached hydrogens (tertiary/aromatic N) is 1. The minimum atomic E-state index is -0.860. The second kappa shape index (κ2) is 16.9. The van der Waals surface area contributed by atoms with Crippen molar-refractivity contribution in [2.45, 2.75) is 65.0 Å². The molecule has 1 heterocycles. The molecule has 3 aromatic rings. The van der Waals surface area contributed by atoms with Gasteiger partial charge in [0.15, 0.2) is 0 Å². The van der Waals surface area contributed by atoms with E-state index in [-0.39, 0.29) is 30.5 Å². The number of carbonyl (C=O) groups excluding carboxylic acids is 4. The molecule has 4 N–H and O–H groups in total. The minimum absolute atomic E-state index is 0.0717. The standard InChI is InChI=1S/C38H47ClN4O9/c1-9-30(21-10-12-27(29(40)18-21)36(46)52-38(2,3)4)41-37(47)43-35(45)24(14-22-16-25(39)11-13-31(22)49-6)15-23(34(44)42-43)17-28-32(50-7)19-26(48-5)20-33(28)51-8/h10-13,16,18-20,23-24,30H,9,14-15,17,40H2,1-8H3,(H,41,47)(H,42,44)/t23?,24-,30-/m1/s1. The Labute approximate surface area is 309 Å². The second-order valence-electron chi connectivity index (χ2n) is 13.4. The zero-order valence-corrected chi connectivity index (χ0v) is 31.5. The molecule has 3 aromatic carbocycles. The van der Waals surface area contributed by atoms with E-state index in [0.717, 1.165) is 5.01 Å². The number of nitrogen functional groups attached to an aromatic ring is 1. The molecule has 0 aliphatic carbocycles. The number of urea groups is 1. The van der Waals surface area contributed by atoms with E-state index in [9.17, 15) is 19.2 Å². The van der Waals surface area contributed by atoms with Crippen LogP contribution in [0, 0.1) is 11.8 Å².